The summed E-state index contributed by atoms with van der Waals surface area (Å²) < 4.78 is 11.6. The van der Waals surface area contributed by atoms with Crippen molar-refractivity contribution in [3.05, 3.63) is 82.3 Å². The second-order valence-corrected chi connectivity index (χ2v) is 8.02. The van der Waals surface area contributed by atoms with Crippen molar-refractivity contribution in [2.45, 2.75) is 6.61 Å². The zero-order valence-corrected chi connectivity index (χ0v) is 18.6. The van der Waals surface area contributed by atoms with E-state index in [0.717, 1.165) is 15.4 Å². The maximum Gasteiger partial charge on any atom is 0.343 e. The Hall–Kier alpha value is -3.71. The molecule has 0 saturated heterocycles. The molecule has 162 valence electrons. The Bertz CT molecular complexity index is 1310. The highest BCUT2D eigenvalue weighted by Gasteiger charge is 2.26. The van der Waals surface area contributed by atoms with Gasteiger partial charge in [-0.25, -0.2) is 4.79 Å². The molecule has 0 amide bonds. The lowest BCUT2D eigenvalue weighted by molar-refractivity contribution is 0.0470. The summed E-state index contributed by atoms with van der Waals surface area (Å²) >= 11 is 3.35. The number of aromatic hydroxyl groups is 3. The molecule has 0 heterocycles. The number of fused-ring (bicyclic) bond motifs is 1. The van der Waals surface area contributed by atoms with Gasteiger partial charge in [-0.15, -0.1) is 0 Å². The van der Waals surface area contributed by atoms with Crippen molar-refractivity contribution in [3.8, 4) is 34.1 Å². The molecule has 0 radical (unpaired) electrons. The molecule has 0 aliphatic rings. The molecule has 0 fully saturated rings. The average Bonchev–Trinajstić information content (AvgIpc) is 2.79. The van der Waals surface area contributed by atoms with E-state index in [9.17, 15) is 20.1 Å². The van der Waals surface area contributed by atoms with Crippen LogP contribution >= 0.6 is 15.9 Å². The van der Waals surface area contributed by atoms with Crippen LogP contribution in [0, 0.1) is 0 Å². The summed E-state index contributed by atoms with van der Waals surface area (Å²) in [6.07, 6.45) is 0. The van der Waals surface area contributed by atoms with Crippen molar-refractivity contribution in [1.82, 2.24) is 0 Å². The van der Waals surface area contributed by atoms with Crippen molar-refractivity contribution >= 4 is 32.7 Å². The monoisotopic (exact) mass is 494 g/mol. The maximum absolute atomic E-state index is 13.0. The Balaban J connectivity index is 1.84. The van der Waals surface area contributed by atoms with Gasteiger partial charge in [0.05, 0.1) is 7.11 Å². The largest absolute Gasteiger partial charge is 0.507 e. The zero-order valence-electron chi connectivity index (χ0n) is 17.0. The van der Waals surface area contributed by atoms with Crippen molar-refractivity contribution in [2.75, 3.05) is 7.11 Å². The number of phenols is 3. The number of halogens is 1. The molecule has 4 rings (SSSR count). The van der Waals surface area contributed by atoms with Gasteiger partial charge in [-0.2, -0.15) is 0 Å². The molecule has 0 saturated carbocycles. The number of hydrogen-bond acceptors (Lipinski definition) is 6. The van der Waals surface area contributed by atoms with Gasteiger partial charge in [-0.3, -0.25) is 0 Å². The van der Waals surface area contributed by atoms with Crippen molar-refractivity contribution in [1.29, 1.82) is 0 Å². The Kier molecular flexibility index (Phi) is 5.92. The van der Waals surface area contributed by atoms with Crippen LogP contribution in [0.15, 0.2) is 71.2 Å². The highest BCUT2D eigenvalue weighted by atomic mass is 79.9. The fraction of sp³-hybridized carbons (Fsp3) is 0.0800. The highest BCUT2D eigenvalue weighted by molar-refractivity contribution is 9.10. The molecule has 7 heteroatoms. The molecular formula is C25H19BrO6. The summed E-state index contributed by atoms with van der Waals surface area (Å²) in [6, 6.07) is 18.1. The van der Waals surface area contributed by atoms with E-state index in [4.69, 9.17) is 9.47 Å². The molecule has 6 nitrogen and oxygen atoms in total. The van der Waals surface area contributed by atoms with Gasteiger partial charge in [0.25, 0.3) is 0 Å². The molecule has 0 bridgehead atoms. The number of hydrogen-bond donors (Lipinski definition) is 3. The van der Waals surface area contributed by atoms with Gasteiger partial charge in [-0.05, 0) is 58.8 Å². The van der Waals surface area contributed by atoms with Crippen LogP contribution in [-0.2, 0) is 11.3 Å². The van der Waals surface area contributed by atoms with E-state index in [1.54, 1.807) is 36.4 Å². The van der Waals surface area contributed by atoms with Crippen LogP contribution in [0.3, 0.4) is 0 Å². The Morgan fingerprint density at radius 3 is 2.19 bits per heavy atom. The Morgan fingerprint density at radius 1 is 0.844 bits per heavy atom. The lowest BCUT2D eigenvalue weighted by Crippen LogP contribution is -2.08. The predicted molar refractivity (Wildman–Crippen MR) is 124 cm³/mol. The number of methoxy groups -OCH3 is 1. The highest BCUT2D eigenvalue weighted by Crippen LogP contribution is 2.46. The number of phenolic OH excluding ortho intramolecular Hbond substituents is 3. The standard InChI is InChI=1S/C25H19BrO6/c1-31-17-8-4-15-5-9-19(27)22(18(15)12-17)23-20(28)10-11-21(29)24(23)25(30)32-13-14-2-6-16(26)7-3-14/h2-12,27-29H,13H2,1H3. The van der Waals surface area contributed by atoms with Crippen LogP contribution in [-0.4, -0.2) is 28.4 Å². The molecule has 0 atom stereocenters. The fourth-order valence-electron chi connectivity index (χ4n) is 3.52. The van der Waals surface area contributed by atoms with Crippen molar-refractivity contribution < 1.29 is 29.6 Å². The van der Waals surface area contributed by atoms with Crippen molar-refractivity contribution in [3.63, 3.8) is 0 Å². The summed E-state index contributed by atoms with van der Waals surface area (Å²) in [5, 5.41) is 33.2. The number of rotatable bonds is 5. The molecule has 0 aromatic heterocycles. The van der Waals surface area contributed by atoms with Gasteiger partial charge in [-0.1, -0.05) is 40.2 Å². The number of benzene rings is 4. The molecule has 0 aliphatic heterocycles. The second kappa shape index (κ2) is 8.80. The third-order valence-electron chi connectivity index (χ3n) is 5.11. The Labute approximate surface area is 192 Å². The lowest BCUT2D eigenvalue weighted by atomic mass is 9.92. The summed E-state index contributed by atoms with van der Waals surface area (Å²) in [6.45, 7) is -0.0318. The first-order valence-corrected chi connectivity index (χ1v) is 10.4. The van der Waals surface area contributed by atoms with Crippen LogP contribution in [0.5, 0.6) is 23.0 Å². The van der Waals surface area contributed by atoms with Gasteiger partial charge in [0, 0.05) is 15.6 Å². The van der Waals surface area contributed by atoms with Crippen molar-refractivity contribution in [2.24, 2.45) is 0 Å². The van der Waals surface area contributed by atoms with E-state index in [1.807, 2.05) is 12.1 Å². The van der Waals surface area contributed by atoms with Crippen LogP contribution in [0.25, 0.3) is 21.9 Å². The minimum absolute atomic E-state index is 0.0258. The minimum atomic E-state index is -0.837. The minimum Gasteiger partial charge on any atom is -0.507 e. The fourth-order valence-corrected chi connectivity index (χ4v) is 3.78. The van der Waals surface area contributed by atoms with Crippen LogP contribution in [0.1, 0.15) is 15.9 Å². The van der Waals surface area contributed by atoms with E-state index in [1.165, 1.54) is 25.3 Å². The third-order valence-corrected chi connectivity index (χ3v) is 5.63. The summed E-state index contributed by atoms with van der Waals surface area (Å²) in [7, 11) is 1.51. The molecule has 32 heavy (non-hydrogen) atoms. The molecular weight excluding hydrogens is 476 g/mol. The zero-order chi connectivity index (χ0) is 22.8. The average molecular weight is 495 g/mol. The van der Waals surface area contributed by atoms with E-state index >= 15 is 0 Å². The maximum atomic E-state index is 13.0. The van der Waals surface area contributed by atoms with E-state index < -0.39 is 5.97 Å². The van der Waals surface area contributed by atoms with E-state index in [0.29, 0.717) is 11.1 Å². The second-order valence-electron chi connectivity index (χ2n) is 7.10. The van der Waals surface area contributed by atoms with Gasteiger partial charge in [0.15, 0.2) is 0 Å². The van der Waals surface area contributed by atoms with Gasteiger partial charge in [0.1, 0.15) is 35.2 Å². The molecule has 0 spiro atoms. The smallest absolute Gasteiger partial charge is 0.343 e. The number of carbonyl (C=O) groups excluding carboxylic acids is 1. The van der Waals surface area contributed by atoms with Gasteiger partial charge in [0.2, 0.25) is 0 Å². The molecule has 0 aliphatic carbocycles. The normalized spacial score (nSPS) is 10.8. The summed E-state index contributed by atoms with van der Waals surface area (Å²) in [5.74, 6) is -1.14. The van der Waals surface area contributed by atoms with E-state index in [-0.39, 0.29) is 40.5 Å². The van der Waals surface area contributed by atoms with E-state index in [2.05, 4.69) is 15.9 Å². The topological polar surface area (TPSA) is 96.2 Å². The first-order chi connectivity index (χ1) is 15.4. The first kappa shape index (κ1) is 21.5. The number of ether oxygens (including phenoxy) is 2. The Morgan fingerprint density at radius 2 is 1.47 bits per heavy atom. The van der Waals surface area contributed by atoms with Crippen LogP contribution in [0.2, 0.25) is 0 Å². The number of esters is 1. The first-order valence-electron chi connectivity index (χ1n) is 9.65. The van der Waals surface area contributed by atoms with Gasteiger partial charge < -0.3 is 24.8 Å². The molecule has 3 N–H and O–H groups in total. The predicted octanol–water partition coefficient (Wildman–Crippen LogP) is 5.75. The molecule has 0 unspecified atom stereocenters. The SMILES string of the molecule is COc1ccc2ccc(O)c(-c3c(O)ccc(O)c3C(=O)OCc3ccc(Br)cc3)c2c1. The van der Waals surface area contributed by atoms with Crippen LogP contribution < -0.4 is 4.74 Å². The van der Waals surface area contributed by atoms with Crippen LogP contribution in [0.4, 0.5) is 0 Å². The summed E-state index contributed by atoms with van der Waals surface area (Å²) in [5.41, 5.74) is 0.667. The third kappa shape index (κ3) is 4.07. The molecule has 4 aromatic rings. The van der Waals surface area contributed by atoms with Gasteiger partial charge >= 0.3 is 5.97 Å². The lowest BCUT2D eigenvalue weighted by Gasteiger charge is -2.16. The summed E-state index contributed by atoms with van der Waals surface area (Å²) in [4.78, 5) is 13.0. The quantitative estimate of drug-likeness (QED) is 0.241. The molecule has 4 aromatic carbocycles. The number of carbonyl (C=O) groups is 1.